The molecule has 0 radical (unpaired) electrons. The number of aromatic hydroxyl groups is 1. The van der Waals surface area contributed by atoms with Gasteiger partial charge in [-0.25, -0.2) is 4.98 Å². The third-order valence-electron chi connectivity index (χ3n) is 5.46. The predicted molar refractivity (Wildman–Crippen MR) is 112 cm³/mol. The zero-order valence-corrected chi connectivity index (χ0v) is 15.6. The normalized spacial score (nSPS) is 14.5. The van der Waals surface area contributed by atoms with Crippen molar-refractivity contribution in [3.8, 4) is 28.3 Å². The van der Waals surface area contributed by atoms with Crippen molar-refractivity contribution in [1.82, 2.24) is 15.2 Å². The van der Waals surface area contributed by atoms with E-state index in [1.807, 2.05) is 18.2 Å². The number of aromatic amines is 1. The molecule has 5 heteroatoms. The molecule has 5 rings (SSSR count). The number of fused-ring (bicyclic) bond motifs is 1. The van der Waals surface area contributed by atoms with E-state index >= 15 is 0 Å². The predicted octanol–water partition coefficient (Wildman–Crippen LogP) is 4.99. The number of hydrogen-bond acceptors (Lipinski definition) is 4. The molecular formula is C23H22N4O. The highest BCUT2D eigenvalue weighted by Crippen LogP contribution is 2.30. The maximum absolute atomic E-state index is 9.47. The lowest BCUT2D eigenvalue weighted by molar-refractivity contribution is 0.475. The molecule has 3 heterocycles. The molecule has 0 bridgehead atoms. The summed E-state index contributed by atoms with van der Waals surface area (Å²) in [5, 5.41) is 18.0. The molecule has 1 aliphatic heterocycles. The number of piperidine rings is 1. The first-order valence-electron chi connectivity index (χ1n) is 9.78. The highest BCUT2D eigenvalue weighted by atomic mass is 16.3. The van der Waals surface area contributed by atoms with Gasteiger partial charge in [-0.3, -0.25) is 5.10 Å². The number of pyridine rings is 1. The zero-order valence-electron chi connectivity index (χ0n) is 15.6. The van der Waals surface area contributed by atoms with Gasteiger partial charge < -0.3 is 10.0 Å². The van der Waals surface area contributed by atoms with Crippen LogP contribution >= 0.6 is 0 Å². The van der Waals surface area contributed by atoms with Gasteiger partial charge in [-0.1, -0.05) is 12.1 Å². The smallest absolute Gasteiger partial charge is 0.182 e. The highest BCUT2D eigenvalue weighted by Gasteiger charge is 2.13. The molecule has 0 aliphatic carbocycles. The summed E-state index contributed by atoms with van der Waals surface area (Å²) in [5.41, 5.74) is 5.88. The number of H-pyrrole nitrogens is 1. The summed E-state index contributed by atoms with van der Waals surface area (Å²) in [6, 6.07) is 19.8. The van der Waals surface area contributed by atoms with Crippen LogP contribution in [-0.2, 0) is 0 Å². The van der Waals surface area contributed by atoms with Gasteiger partial charge in [-0.2, -0.15) is 5.10 Å². The Kier molecular flexibility index (Phi) is 4.20. The molecule has 0 saturated carbocycles. The summed E-state index contributed by atoms with van der Waals surface area (Å²) in [4.78, 5) is 7.14. The second kappa shape index (κ2) is 7.00. The summed E-state index contributed by atoms with van der Waals surface area (Å²) in [6.07, 6.45) is 3.90. The average molecular weight is 370 g/mol. The van der Waals surface area contributed by atoms with E-state index in [0.29, 0.717) is 5.65 Å². The molecule has 0 spiro atoms. The lowest BCUT2D eigenvalue weighted by atomic mass is 10.1. The van der Waals surface area contributed by atoms with Crippen LogP contribution in [0.1, 0.15) is 19.3 Å². The number of benzene rings is 2. The van der Waals surface area contributed by atoms with Crippen molar-refractivity contribution < 1.29 is 5.11 Å². The number of aromatic nitrogens is 3. The number of anilines is 1. The first-order chi connectivity index (χ1) is 13.8. The van der Waals surface area contributed by atoms with Crippen LogP contribution in [0.15, 0.2) is 60.7 Å². The Hall–Kier alpha value is -3.34. The van der Waals surface area contributed by atoms with Gasteiger partial charge >= 0.3 is 0 Å². The van der Waals surface area contributed by atoms with Crippen LogP contribution in [0.4, 0.5) is 5.69 Å². The number of nitrogens with one attached hydrogen (secondary N) is 1. The molecule has 1 fully saturated rings. The van der Waals surface area contributed by atoms with Gasteiger partial charge in [-0.05, 0) is 67.8 Å². The Morgan fingerprint density at radius 1 is 0.786 bits per heavy atom. The lowest BCUT2D eigenvalue weighted by Gasteiger charge is -2.28. The molecular weight excluding hydrogens is 348 g/mol. The van der Waals surface area contributed by atoms with Crippen LogP contribution < -0.4 is 4.90 Å². The van der Waals surface area contributed by atoms with Gasteiger partial charge in [0.1, 0.15) is 5.75 Å². The average Bonchev–Trinajstić information content (AvgIpc) is 3.18. The van der Waals surface area contributed by atoms with E-state index < -0.39 is 0 Å². The molecule has 2 aromatic carbocycles. The standard InChI is InChI=1S/C23H22N4O/c28-19-10-6-16(7-11-19)21-13-12-20-22(25-26-23(20)24-21)17-4-8-18(9-5-17)27-14-2-1-3-15-27/h4-13,28H,1-3,14-15H2,(H,24,25,26). The van der Waals surface area contributed by atoms with Gasteiger partial charge in [0.2, 0.25) is 0 Å². The van der Waals surface area contributed by atoms with Crippen molar-refractivity contribution in [3.05, 3.63) is 60.7 Å². The van der Waals surface area contributed by atoms with Crippen molar-refractivity contribution >= 4 is 16.7 Å². The highest BCUT2D eigenvalue weighted by molar-refractivity contribution is 5.92. The van der Waals surface area contributed by atoms with Gasteiger partial charge in [0, 0.05) is 35.3 Å². The van der Waals surface area contributed by atoms with Crippen LogP contribution in [0.3, 0.4) is 0 Å². The molecule has 4 aromatic rings. The van der Waals surface area contributed by atoms with Crippen molar-refractivity contribution in [1.29, 1.82) is 0 Å². The van der Waals surface area contributed by atoms with Gasteiger partial charge in [0.05, 0.1) is 11.4 Å². The zero-order chi connectivity index (χ0) is 18.9. The van der Waals surface area contributed by atoms with E-state index in [0.717, 1.165) is 41.0 Å². The minimum atomic E-state index is 0.250. The summed E-state index contributed by atoms with van der Waals surface area (Å²) >= 11 is 0. The summed E-state index contributed by atoms with van der Waals surface area (Å²) in [5.74, 6) is 0.250. The van der Waals surface area contributed by atoms with E-state index in [1.165, 1.54) is 24.9 Å². The van der Waals surface area contributed by atoms with Crippen LogP contribution in [0, 0.1) is 0 Å². The van der Waals surface area contributed by atoms with Crippen molar-refractivity contribution in [2.45, 2.75) is 19.3 Å². The lowest BCUT2D eigenvalue weighted by Crippen LogP contribution is -2.29. The molecule has 0 atom stereocenters. The van der Waals surface area contributed by atoms with Crippen LogP contribution in [0.5, 0.6) is 5.75 Å². The van der Waals surface area contributed by atoms with Gasteiger partial charge in [-0.15, -0.1) is 0 Å². The maximum atomic E-state index is 9.47. The summed E-state index contributed by atoms with van der Waals surface area (Å²) in [7, 11) is 0. The van der Waals surface area contributed by atoms with Gasteiger partial charge in [0.15, 0.2) is 5.65 Å². The SMILES string of the molecule is Oc1ccc(-c2ccc3c(-c4ccc(N5CCCCC5)cc4)[nH]nc3n2)cc1. The Balaban J connectivity index is 1.45. The second-order valence-corrected chi connectivity index (χ2v) is 7.31. The molecule has 28 heavy (non-hydrogen) atoms. The number of phenols is 1. The maximum Gasteiger partial charge on any atom is 0.182 e. The molecule has 0 unspecified atom stereocenters. The minimum absolute atomic E-state index is 0.250. The Labute approximate surface area is 163 Å². The third-order valence-corrected chi connectivity index (χ3v) is 5.46. The number of phenolic OH excluding ortho intramolecular Hbond substituents is 1. The Morgan fingerprint density at radius 2 is 1.50 bits per heavy atom. The van der Waals surface area contributed by atoms with E-state index in [1.54, 1.807) is 12.1 Å². The molecule has 0 amide bonds. The fourth-order valence-electron chi connectivity index (χ4n) is 3.90. The van der Waals surface area contributed by atoms with Crippen molar-refractivity contribution in [2.75, 3.05) is 18.0 Å². The topological polar surface area (TPSA) is 65.0 Å². The third kappa shape index (κ3) is 3.09. The summed E-state index contributed by atoms with van der Waals surface area (Å²) < 4.78 is 0. The number of nitrogens with zero attached hydrogens (tertiary/aromatic N) is 3. The molecule has 2 aromatic heterocycles. The van der Waals surface area contributed by atoms with Crippen LogP contribution in [0.2, 0.25) is 0 Å². The fraction of sp³-hybridized carbons (Fsp3) is 0.217. The van der Waals surface area contributed by atoms with E-state index in [2.05, 4.69) is 50.4 Å². The first kappa shape index (κ1) is 16.8. The van der Waals surface area contributed by atoms with Crippen molar-refractivity contribution in [2.24, 2.45) is 0 Å². The Bertz CT molecular complexity index is 1090. The van der Waals surface area contributed by atoms with Crippen molar-refractivity contribution in [3.63, 3.8) is 0 Å². The van der Waals surface area contributed by atoms with Crippen LogP contribution in [-0.4, -0.2) is 33.4 Å². The molecule has 140 valence electrons. The van der Waals surface area contributed by atoms with Crippen LogP contribution in [0.25, 0.3) is 33.5 Å². The largest absolute Gasteiger partial charge is 0.508 e. The van der Waals surface area contributed by atoms with Gasteiger partial charge in [0.25, 0.3) is 0 Å². The van der Waals surface area contributed by atoms with E-state index in [9.17, 15) is 5.11 Å². The van der Waals surface area contributed by atoms with E-state index in [-0.39, 0.29) is 5.75 Å². The fourth-order valence-corrected chi connectivity index (χ4v) is 3.90. The minimum Gasteiger partial charge on any atom is -0.508 e. The van der Waals surface area contributed by atoms with E-state index in [4.69, 9.17) is 0 Å². The molecule has 1 saturated heterocycles. The first-order valence-corrected chi connectivity index (χ1v) is 9.78. The Morgan fingerprint density at radius 3 is 2.25 bits per heavy atom. The molecule has 5 nitrogen and oxygen atoms in total. The number of rotatable bonds is 3. The second-order valence-electron chi connectivity index (χ2n) is 7.31. The summed E-state index contributed by atoms with van der Waals surface area (Å²) in [6.45, 7) is 2.30. The quantitative estimate of drug-likeness (QED) is 0.533. The molecule has 2 N–H and O–H groups in total. The monoisotopic (exact) mass is 370 g/mol. The number of hydrogen-bond donors (Lipinski definition) is 2. The molecule has 1 aliphatic rings.